The topological polar surface area (TPSA) is 24.8 Å². The summed E-state index contributed by atoms with van der Waals surface area (Å²) in [5.41, 5.74) is 3.91. The highest BCUT2D eigenvalue weighted by Crippen LogP contribution is 2.40. The maximum Gasteiger partial charge on any atom is 0.144 e. The maximum absolute atomic E-state index is 14.8. The van der Waals surface area contributed by atoms with Crippen LogP contribution in [0.25, 0.3) is 5.57 Å². The van der Waals surface area contributed by atoms with Crippen molar-refractivity contribution < 1.29 is 9.13 Å². The Morgan fingerprint density at radius 2 is 2.00 bits per heavy atom. The summed E-state index contributed by atoms with van der Waals surface area (Å²) in [6, 6.07) is 8.63. The van der Waals surface area contributed by atoms with Crippen LogP contribution in [0.3, 0.4) is 0 Å². The molecule has 3 rings (SSSR count). The molecule has 0 saturated carbocycles. The van der Waals surface area contributed by atoms with Gasteiger partial charge in [-0.2, -0.15) is 0 Å². The number of halogens is 2. The summed E-state index contributed by atoms with van der Waals surface area (Å²) in [6.45, 7) is 9.23. The Bertz CT molecular complexity index is 934. The first-order chi connectivity index (χ1) is 12.8. The highest BCUT2D eigenvalue weighted by molar-refractivity contribution is 6.30. The third-order valence-corrected chi connectivity index (χ3v) is 5.13. The summed E-state index contributed by atoms with van der Waals surface area (Å²) in [6.07, 6.45) is 3.74. The van der Waals surface area contributed by atoms with Crippen molar-refractivity contribution in [2.24, 2.45) is 4.99 Å². The molecule has 3 nitrogen and oxygen atoms in total. The van der Waals surface area contributed by atoms with E-state index in [9.17, 15) is 4.39 Å². The van der Waals surface area contributed by atoms with Crippen LogP contribution >= 0.6 is 11.6 Å². The van der Waals surface area contributed by atoms with Gasteiger partial charge in [0.25, 0.3) is 0 Å². The van der Waals surface area contributed by atoms with Crippen molar-refractivity contribution in [3.05, 3.63) is 58.4 Å². The lowest BCUT2D eigenvalue weighted by atomic mass is 9.88. The molecule has 0 atom stereocenters. The monoisotopic (exact) mass is 386 g/mol. The predicted molar refractivity (Wildman–Crippen MR) is 112 cm³/mol. The number of hydrogen-bond donors (Lipinski definition) is 0. The predicted octanol–water partition coefficient (Wildman–Crippen LogP) is 6.26. The Morgan fingerprint density at radius 1 is 1.26 bits per heavy atom. The smallest absolute Gasteiger partial charge is 0.144 e. The first-order valence-electron chi connectivity index (χ1n) is 8.95. The molecule has 0 aromatic heterocycles. The number of anilines is 1. The van der Waals surface area contributed by atoms with Gasteiger partial charge < -0.3 is 9.64 Å². The van der Waals surface area contributed by atoms with Crippen LogP contribution in [0.2, 0.25) is 5.02 Å². The molecule has 142 valence electrons. The Kier molecular flexibility index (Phi) is 5.29. The number of fused-ring (bicyclic) bond motifs is 1. The van der Waals surface area contributed by atoms with Gasteiger partial charge in [0.1, 0.15) is 17.3 Å². The number of likely N-dealkylation sites (N-methyl/N-ethyl adjacent to an activating group) is 1. The summed E-state index contributed by atoms with van der Waals surface area (Å²) in [5, 5.41) is 0.549. The van der Waals surface area contributed by atoms with Crippen LogP contribution in [0.15, 0.2) is 41.4 Å². The molecule has 1 heterocycles. The van der Waals surface area contributed by atoms with Gasteiger partial charge >= 0.3 is 0 Å². The fourth-order valence-electron chi connectivity index (χ4n) is 3.69. The van der Waals surface area contributed by atoms with E-state index in [1.807, 2.05) is 6.07 Å². The second kappa shape index (κ2) is 7.35. The minimum absolute atomic E-state index is 0.151. The number of rotatable bonds is 4. The van der Waals surface area contributed by atoms with E-state index in [1.54, 1.807) is 31.4 Å². The summed E-state index contributed by atoms with van der Waals surface area (Å²) in [5.74, 6) is 0.284. The van der Waals surface area contributed by atoms with Crippen molar-refractivity contribution >= 4 is 34.8 Å². The zero-order valence-corrected chi connectivity index (χ0v) is 17.1. The van der Waals surface area contributed by atoms with Crippen molar-refractivity contribution in [3.8, 4) is 5.75 Å². The van der Waals surface area contributed by atoms with Crippen LogP contribution < -0.4 is 9.64 Å². The van der Waals surface area contributed by atoms with Crippen LogP contribution in [0.5, 0.6) is 5.75 Å². The first-order valence-corrected chi connectivity index (χ1v) is 9.33. The molecule has 0 amide bonds. The summed E-state index contributed by atoms with van der Waals surface area (Å²) >= 11 is 6.04. The number of allylic oxidation sites excluding steroid dienone is 1. The van der Waals surface area contributed by atoms with E-state index in [4.69, 9.17) is 16.3 Å². The Hall–Kier alpha value is -2.33. The van der Waals surface area contributed by atoms with Gasteiger partial charge in [0, 0.05) is 34.6 Å². The number of hydrogen-bond acceptors (Lipinski definition) is 3. The molecule has 0 radical (unpaired) electrons. The van der Waals surface area contributed by atoms with Gasteiger partial charge in [-0.1, -0.05) is 17.7 Å². The van der Waals surface area contributed by atoms with E-state index in [-0.39, 0.29) is 11.4 Å². The SMILES string of the molecule is CCN1c2cc(F)c(C=Nc3cc(Cl)ccc3OC)cc2C(C)=CC1(C)C. The highest BCUT2D eigenvalue weighted by Gasteiger charge is 2.30. The molecule has 0 spiro atoms. The molecule has 0 unspecified atom stereocenters. The summed E-state index contributed by atoms with van der Waals surface area (Å²) in [4.78, 5) is 6.61. The van der Waals surface area contributed by atoms with Gasteiger partial charge in [-0.05, 0) is 63.6 Å². The molecule has 0 saturated heterocycles. The summed E-state index contributed by atoms with van der Waals surface area (Å²) < 4.78 is 20.1. The molecule has 1 aliphatic heterocycles. The number of ether oxygens (including phenoxy) is 1. The molecule has 0 aliphatic carbocycles. The minimum Gasteiger partial charge on any atom is -0.494 e. The second-order valence-corrected chi connectivity index (χ2v) is 7.63. The molecular formula is C22H24ClFN2O. The van der Waals surface area contributed by atoms with Crippen LogP contribution in [-0.4, -0.2) is 25.4 Å². The molecular weight excluding hydrogens is 363 g/mol. The zero-order chi connectivity index (χ0) is 19.8. The largest absolute Gasteiger partial charge is 0.494 e. The van der Waals surface area contributed by atoms with E-state index in [0.29, 0.717) is 22.0 Å². The van der Waals surface area contributed by atoms with Crippen molar-refractivity contribution in [1.29, 1.82) is 0 Å². The molecule has 1 aliphatic rings. The van der Waals surface area contributed by atoms with Gasteiger partial charge in [0.2, 0.25) is 0 Å². The Balaban J connectivity index is 2.05. The molecule has 2 aromatic carbocycles. The lowest BCUT2D eigenvalue weighted by molar-refractivity contribution is 0.416. The fraction of sp³-hybridized carbons (Fsp3) is 0.318. The van der Waals surface area contributed by atoms with E-state index in [2.05, 4.69) is 43.7 Å². The van der Waals surface area contributed by atoms with Crippen molar-refractivity contribution in [2.75, 3.05) is 18.6 Å². The van der Waals surface area contributed by atoms with Crippen molar-refractivity contribution in [1.82, 2.24) is 0 Å². The third-order valence-electron chi connectivity index (χ3n) is 4.90. The second-order valence-electron chi connectivity index (χ2n) is 7.19. The van der Waals surface area contributed by atoms with Gasteiger partial charge in [0.15, 0.2) is 0 Å². The Morgan fingerprint density at radius 3 is 2.67 bits per heavy atom. The average Bonchev–Trinajstić information content (AvgIpc) is 2.60. The molecule has 27 heavy (non-hydrogen) atoms. The van der Waals surface area contributed by atoms with E-state index >= 15 is 0 Å². The van der Waals surface area contributed by atoms with E-state index < -0.39 is 0 Å². The number of methoxy groups -OCH3 is 1. The van der Waals surface area contributed by atoms with Crippen LogP contribution in [0, 0.1) is 5.82 Å². The molecule has 2 aromatic rings. The van der Waals surface area contributed by atoms with Gasteiger partial charge in [-0.15, -0.1) is 0 Å². The zero-order valence-electron chi connectivity index (χ0n) is 16.3. The normalized spacial score (nSPS) is 15.7. The number of aliphatic imine (C=N–C) groups is 1. The quantitative estimate of drug-likeness (QED) is 0.579. The lowest BCUT2D eigenvalue weighted by Crippen LogP contribution is -2.45. The summed E-state index contributed by atoms with van der Waals surface area (Å²) in [7, 11) is 1.57. The van der Waals surface area contributed by atoms with Crippen molar-refractivity contribution in [3.63, 3.8) is 0 Å². The average molecular weight is 387 g/mol. The molecule has 0 N–H and O–H groups in total. The lowest BCUT2D eigenvalue weighted by Gasteiger charge is -2.42. The molecule has 5 heteroatoms. The molecule has 0 bridgehead atoms. The van der Waals surface area contributed by atoms with E-state index in [1.165, 1.54) is 6.21 Å². The Labute approximate surface area is 165 Å². The fourth-order valence-corrected chi connectivity index (χ4v) is 3.86. The minimum atomic E-state index is -0.303. The van der Waals surface area contributed by atoms with Crippen LogP contribution in [-0.2, 0) is 0 Å². The maximum atomic E-state index is 14.8. The van der Waals surface area contributed by atoms with Gasteiger partial charge in [0.05, 0.1) is 12.6 Å². The third kappa shape index (κ3) is 3.72. The number of nitrogens with zero attached hydrogens (tertiary/aromatic N) is 2. The number of benzene rings is 2. The van der Waals surface area contributed by atoms with Crippen molar-refractivity contribution in [2.45, 2.75) is 33.2 Å². The van der Waals surface area contributed by atoms with Gasteiger partial charge in [-0.25, -0.2) is 4.39 Å². The van der Waals surface area contributed by atoms with Crippen LogP contribution in [0.1, 0.15) is 38.8 Å². The first kappa shape index (κ1) is 19.4. The standard InChI is InChI=1S/C22H24ClFN2O/c1-6-26-20-11-18(24)15(9-17(20)14(2)12-22(26,3)4)13-25-19-10-16(23)7-8-21(19)27-5/h7-13H,6H2,1-5H3. The van der Waals surface area contributed by atoms with Crippen LogP contribution in [0.4, 0.5) is 15.8 Å². The van der Waals surface area contributed by atoms with Gasteiger partial charge in [-0.3, -0.25) is 4.99 Å². The van der Waals surface area contributed by atoms with E-state index in [0.717, 1.165) is 23.4 Å². The highest BCUT2D eigenvalue weighted by atomic mass is 35.5. The molecule has 0 fully saturated rings.